The largest absolute Gasteiger partial charge is 0.316 e. The van der Waals surface area contributed by atoms with Gasteiger partial charge in [0, 0.05) is 132 Å². The van der Waals surface area contributed by atoms with Gasteiger partial charge in [-0.05, 0) is 159 Å². The molecule has 12 aromatic rings. The van der Waals surface area contributed by atoms with Gasteiger partial charge in [-0.1, -0.05) is 190 Å². The molecule has 4 aliphatic heterocycles. The number of sulfone groups is 4. The molecule has 0 aliphatic carbocycles. The number of aromatic nitrogens is 8. The van der Waals surface area contributed by atoms with Crippen LogP contribution in [0, 0.1) is 61.2 Å². The molecule has 0 bridgehead atoms. The second kappa shape index (κ2) is 46.6. The van der Waals surface area contributed by atoms with E-state index in [1.165, 1.54) is 0 Å². The first kappa shape index (κ1) is 105. The SMILES string of the molecule is Cc1c(C(=O)NN2CCS(=O)(=O)CC2)nn(-c2ccc(Cl)cc2Cl)c1-c1ccc(I)cc1.Cc1c(C(=O)NN2CCS(=O)(=O)CC2)nn(-c2ccc(Cl)cc2Cl)c1-c1ccccc1.[C-]#[N+]CCC#Cc1ccc(-c2c(C)c(C(=O)NN3CCS(=O)(=O)CC3)nn2-c2ccc(Cl)cc2Cl)cc1.[C-]#[N+]CCC#Cc1ccc(-c2c(CC)c(C(=O)NN3CCS(=O)(=O)CC3)nn2-c2ccc(Cl)cc2Cl)cc1. The summed E-state index contributed by atoms with van der Waals surface area (Å²) in [7, 11) is -12.3. The third kappa shape index (κ3) is 26.7. The Kier molecular flexibility index (Phi) is 35.3. The van der Waals surface area contributed by atoms with Gasteiger partial charge in [0.25, 0.3) is 23.6 Å². The topological polar surface area (TPSA) is 346 Å². The Morgan fingerprint density at radius 2 is 0.616 bits per heavy atom. The Morgan fingerprint density at radius 3 is 0.891 bits per heavy atom. The number of hydrogen-bond donors (Lipinski definition) is 4. The van der Waals surface area contributed by atoms with Crippen LogP contribution in [-0.4, -0.2) is 228 Å². The fourth-order valence-corrected chi connectivity index (χ4v) is 22.1. The number of carbonyl (C=O) groups excluding carboxylic acids is 4. The van der Waals surface area contributed by atoms with E-state index < -0.39 is 63.0 Å². The van der Waals surface area contributed by atoms with Gasteiger partial charge in [0.2, 0.25) is 13.1 Å². The van der Waals surface area contributed by atoms with Gasteiger partial charge in [0.1, 0.15) is 0 Å². The average Bonchev–Trinajstić information content (AvgIpc) is 1.61. The van der Waals surface area contributed by atoms with Crippen LogP contribution in [0.5, 0.6) is 0 Å². The molecular formula is C95H87Cl8IN18O12S4. The standard InChI is InChI=1S/C27H25Cl2N5O3S.C26H23Cl2N5O3S.C21H19Cl2IN4O3S.C21H20Cl2N4O3S/c1-3-22-25(27(35)32-33-14-16-38(36,37)17-15-33)31-34(24-12-11-21(28)18-23(24)29)26(22)20-9-7-19(8-10-20)6-4-5-13-30-2;1-18-24(26(34)31-32-13-15-37(35,36)16-14-32)30-33(23-11-10-21(27)17-22(23)28)25(18)20-8-6-19(7-9-20)5-3-4-12-29-2;1-13-19(21(29)26-27-8-10-32(30,31)11-9-27)25-28(18-7-4-15(22)12-17(18)23)20(13)14-2-5-16(24)6-3-14;1-14-19(21(28)25-26-9-11-31(29,30)12-10-26)24-27(18-8-7-16(22)13-17(18)23)20(14)15-5-3-2-4-6-15/h7-12,18H,3,5,13-17H2,1H3,(H,32,35);6-11,17H,4,12-16H2,1H3,(H,31,34);2-7,12H,8-11H2,1H3,(H,26,29);2-8,13H,9-12H2,1H3,(H,25,28). The third-order valence-electron chi connectivity index (χ3n) is 22.2. The van der Waals surface area contributed by atoms with Crippen molar-refractivity contribution in [2.24, 2.45) is 0 Å². The third-order valence-corrected chi connectivity index (χ3v) is 31.5. The van der Waals surface area contributed by atoms with Gasteiger partial charge in [-0.2, -0.15) is 20.4 Å². The van der Waals surface area contributed by atoms with Gasteiger partial charge in [-0.25, -0.2) is 85.6 Å². The molecule has 4 amide bonds. The smallest absolute Gasteiger partial charge is 0.286 e. The van der Waals surface area contributed by atoms with Crippen molar-refractivity contribution in [1.29, 1.82) is 0 Å². The van der Waals surface area contributed by atoms with Crippen molar-refractivity contribution in [2.45, 2.75) is 47.0 Å². The summed E-state index contributed by atoms with van der Waals surface area (Å²) in [6.07, 6.45) is 1.53. The highest BCUT2D eigenvalue weighted by Gasteiger charge is 2.34. The van der Waals surface area contributed by atoms with E-state index in [0.29, 0.717) is 129 Å². The molecule has 0 atom stereocenters. The average molecular weight is 2210 g/mol. The van der Waals surface area contributed by atoms with Crippen molar-refractivity contribution < 1.29 is 52.8 Å². The summed E-state index contributed by atoms with van der Waals surface area (Å²) in [5.41, 5.74) is 24.9. The summed E-state index contributed by atoms with van der Waals surface area (Å²) < 4.78 is 101. The first-order chi connectivity index (χ1) is 65.8. The highest BCUT2D eigenvalue weighted by atomic mass is 127. The Morgan fingerprint density at radius 1 is 0.362 bits per heavy atom. The lowest BCUT2D eigenvalue weighted by Gasteiger charge is -2.26. The van der Waals surface area contributed by atoms with E-state index in [1.54, 1.807) is 118 Å². The number of amides is 4. The van der Waals surface area contributed by atoms with Crippen LogP contribution in [0.3, 0.4) is 0 Å². The van der Waals surface area contributed by atoms with Crippen LogP contribution in [0.1, 0.15) is 95.1 Å². The molecule has 0 spiro atoms. The molecule has 0 unspecified atom stereocenters. The first-order valence-electron chi connectivity index (χ1n) is 42.7. The fourth-order valence-electron chi connectivity index (χ4n) is 15.0. The zero-order chi connectivity index (χ0) is 99.1. The summed E-state index contributed by atoms with van der Waals surface area (Å²) in [4.78, 5) is 59.3. The van der Waals surface area contributed by atoms with Crippen molar-refractivity contribution in [2.75, 3.05) is 111 Å². The predicted molar refractivity (Wildman–Crippen MR) is 549 cm³/mol. The Hall–Kier alpha value is -10.7. The summed E-state index contributed by atoms with van der Waals surface area (Å²) >= 11 is 52.5. The number of halogens is 9. The van der Waals surface area contributed by atoms with Gasteiger partial charge < -0.3 is 9.69 Å². The maximum Gasteiger partial charge on any atom is 0.286 e. The minimum Gasteiger partial charge on any atom is -0.316 e. The number of carbonyl (C=O) groups is 4. The van der Waals surface area contributed by atoms with Gasteiger partial charge in [0.05, 0.1) is 124 Å². The van der Waals surface area contributed by atoms with E-state index in [0.717, 1.165) is 48.3 Å². The summed E-state index contributed by atoms with van der Waals surface area (Å²) in [5, 5.41) is 28.4. The Balaban J connectivity index is 0.000000156. The van der Waals surface area contributed by atoms with Crippen LogP contribution in [0.15, 0.2) is 176 Å². The fraction of sp³-hybridized carbons (Fsp3) is 0.263. The minimum atomic E-state index is -3.09. The van der Waals surface area contributed by atoms with Crippen molar-refractivity contribution >= 4 is 178 Å². The molecular weight excluding hydrogens is 2120 g/mol. The maximum absolute atomic E-state index is 13.4. The number of nitrogens with zero attached hydrogens (tertiary/aromatic N) is 14. The lowest BCUT2D eigenvalue weighted by molar-refractivity contribution is 0.0788. The molecule has 30 nitrogen and oxygen atoms in total. The Labute approximate surface area is 852 Å². The van der Waals surface area contributed by atoms with E-state index in [2.05, 4.69) is 98.1 Å². The summed E-state index contributed by atoms with van der Waals surface area (Å²) in [6.45, 7) is 23.6. The van der Waals surface area contributed by atoms with E-state index in [1.807, 2.05) is 124 Å². The number of hydrazine groups is 4. The Bertz CT molecular complexity index is 7330. The van der Waals surface area contributed by atoms with Crippen molar-refractivity contribution in [3.63, 3.8) is 0 Å². The van der Waals surface area contributed by atoms with Crippen LogP contribution in [0.2, 0.25) is 40.2 Å². The lowest BCUT2D eigenvalue weighted by Crippen LogP contribution is -2.50. The van der Waals surface area contributed by atoms with Crippen LogP contribution in [0.4, 0.5) is 0 Å². The zero-order valence-electron chi connectivity index (χ0n) is 74.3. The number of rotatable bonds is 19. The molecule has 8 aromatic carbocycles. The molecule has 0 saturated carbocycles. The van der Waals surface area contributed by atoms with Crippen molar-refractivity contribution in [3.05, 3.63) is 299 Å². The second-order valence-corrected chi connectivity index (χ2v) is 45.6. The monoisotopic (exact) mass is 2210 g/mol. The number of hydrogen-bond acceptors (Lipinski definition) is 20. The molecule has 16 rings (SSSR count). The summed E-state index contributed by atoms with van der Waals surface area (Å²) in [5.74, 6) is 10.4. The van der Waals surface area contributed by atoms with E-state index in [-0.39, 0.29) is 121 Å². The molecule has 4 saturated heterocycles. The molecule has 4 aliphatic rings. The first-order valence-corrected chi connectivity index (χ1v) is 54.1. The van der Waals surface area contributed by atoms with E-state index >= 15 is 0 Å². The molecule has 0 radical (unpaired) electrons. The number of benzene rings is 8. The van der Waals surface area contributed by atoms with Crippen molar-refractivity contribution in [3.8, 4) is 91.5 Å². The van der Waals surface area contributed by atoms with Crippen LogP contribution in [0.25, 0.3) is 77.5 Å². The zero-order valence-corrected chi connectivity index (χ0v) is 85.8. The van der Waals surface area contributed by atoms with Crippen LogP contribution < -0.4 is 21.7 Å². The molecule has 4 aromatic heterocycles. The molecule has 43 heteroatoms. The van der Waals surface area contributed by atoms with E-state index in [4.69, 9.17) is 106 Å². The normalized spacial score (nSPS) is 15.4. The molecule has 716 valence electrons. The highest BCUT2D eigenvalue weighted by molar-refractivity contribution is 14.1. The molecule has 4 fully saturated rings. The molecule has 4 N–H and O–H groups in total. The van der Waals surface area contributed by atoms with Crippen LogP contribution >= 0.6 is 115 Å². The summed E-state index contributed by atoms with van der Waals surface area (Å²) in [6, 6.07) is 52.8. The maximum atomic E-state index is 13.4. The van der Waals surface area contributed by atoms with Crippen molar-refractivity contribution in [1.82, 2.24) is 80.9 Å². The number of nitrogens with one attached hydrogen (secondary N) is 4. The minimum absolute atomic E-state index is 0.00891. The van der Waals surface area contributed by atoms with E-state index in [9.17, 15) is 52.8 Å². The molecule has 138 heavy (non-hydrogen) atoms. The van der Waals surface area contributed by atoms with Gasteiger partial charge in [-0.3, -0.25) is 40.9 Å². The predicted octanol–water partition coefficient (Wildman–Crippen LogP) is 16.3. The highest BCUT2D eigenvalue weighted by Crippen LogP contribution is 2.39. The van der Waals surface area contributed by atoms with Gasteiger partial charge >= 0.3 is 0 Å². The lowest BCUT2D eigenvalue weighted by atomic mass is 10.0. The molecule has 8 heterocycles. The quantitative estimate of drug-likeness (QED) is 0.0253. The van der Waals surface area contributed by atoms with Crippen LogP contribution in [-0.2, 0) is 45.8 Å². The van der Waals surface area contributed by atoms with Gasteiger partial charge in [0.15, 0.2) is 62.1 Å². The second-order valence-electron chi connectivity index (χ2n) is 31.7. The van der Waals surface area contributed by atoms with Gasteiger partial charge in [-0.15, -0.1) is 0 Å².